The summed E-state index contributed by atoms with van der Waals surface area (Å²) in [5.74, 6) is 0. The molecule has 1 aliphatic heterocycles. The molecule has 0 bridgehead atoms. The van der Waals surface area contributed by atoms with E-state index in [0.717, 1.165) is 22.6 Å². The molecule has 0 aliphatic carbocycles. The molecule has 0 saturated heterocycles. The summed E-state index contributed by atoms with van der Waals surface area (Å²) in [7, 11) is 0. The molecule has 1 aliphatic rings. The van der Waals surface area contributed by atoms with E-state index in [-0.39, 0.29) is 12.1 Å². The van der Waals surface area contributed by atoms with E-state index in [2.05, 4.69) is 26.1 Å². The maximum Gasteiger partial charge on any atom is 0.335 e. The molecule has 0 fully saturated rings. The van der Waals surface area contributed by atoms with Gasteiger partial charge in [0.2, 0.25) is 0 Å². The van der Waals surface area contributed by atoms with Gasteiger partial charge in [0.15, 0.2) is 0 Å². The minimum absolute atomic E-state index is 0.113. The number of hydrazone groups is 1. The Kier molecular flexibility index (Phi) is 3.51. The first-order valence-corrected chi connectivity index (χ1v) is 6.64. The van der Waals surface area contributed by atoms with Crippen molar-refractivity contribution in [1.29, 1.82) is 0 Å². The molecule has 2 heterocycles. The summed E-state index contributed by atoms with van der Waals surface area (Å²) < 4.78 is 0. The molecule has 3 N–H and O–H groups in total. The number of rotatable bonds is 3. The second-order valence-corrected chi connectivity index (χ2v) is 4.74. The van der Waals surface area contributed by atoms with Crippen molar-refractivity contribution < 1.29 is 4.79 Å². The average Bonchev–Trinajstić information content (AvgIpc) is 2.49. The molecule has 1 aromatic carbocycles. The van der Waals surface area contributed by atoms with Crippen LogP contribution in [0.3, 0.4) is 0 Å². The van der Waals surface area contributed by atoms with Gasteiger partial charge in [-0.15, -0.1) is 0 Å². The monoisotopic (exact) mass is 281 g/mol. The Labute approximate surface area is 122 Å². The molecule has 6 heteroatoms. The van der Waals surface area contributed by atoms with Crippen molar-refractivity contribution in [2.45, 2.75) is 13.0 Å². The van der Waals surface area contributed by atoms with Crippen LogP contribution in [0.2, 0.25) is 0 Å². The van der Waals surface area contributed by atoms with E-state index in [4.69, 9.17) is 0 Å². The number of aromatic nitrogens is 1. The summed E-state index contributed by atoms with van der Waals surface area (Å²) in [6.45, 7) is 1.90. The van der Waals surface area contributed by atoms with E-state index in [9.17, 15) is 4.79 Å². The SMILES string of the molecule is CC1NC(=O)NN=C1c1ccc(Nc2ccncc2)cc1. The van der Waals surface area contributed by atoms with Crippen LogP contribution in [0.5, 0.6) is 0 Å². The second kappa shape index (κ2) is 5.62. The summed E-state index contributed by atoms with van der Waals surface area (Å²) in [5.41, 5.74) is 6.17. The number of urea groups is 1. The number of benzene rings is 1. The molecular formula is C15H15N5O. The highest BCUT2D eigenvalue weighted by Crippen LogP contribution is 2.17. The van der Waals surface area contributed by atoms with Crippen LogP contribution in [-0.4, -0.2) is 22.8 Å². The van der Waals surface area contributed by atoms with Crippen molar-refractivity contribution in [1.82, 2.24) is 15.7 Å². The van der Waals surface area contributed by atoms with Gasteiger partial charge in [0.25, 0.3) is 0 Å². The number of hydrogen-bond donors (Lipinski definition) is 3. The van der Waals surface area contributed by atoms with E-state index < -0.39 is 0 Å². The van der Waals surface area contributed by atoms with Crippen LogP contribution >= 0.6 is 0 Å². The van der Waals surface area contributed by atoms with Gasteiger partial charge >= 0.3 is 6.03 Å². The molecule has 0 saturated carbocycles. The lowest BCUT2D eigenvalue weighted by Crippen LogP contribution is -2.48. The molecule has 106 valence electrons. The van der Waals surface area contributed by atoms with Gasteiger partial charge in [0.05, 0.1) is 11.8 Å². The second-order valence-electron chi connectivity index (χ2n) is 4.74. The number of nitrogens with one attached hydrogen (secondary N) is 3. The number of hydrogen-bond acceptors (Lipinski definition) is 4. The third-order valence-electron chi connectivity index (χ3n) is 3.19. The summed E-state index contributed by atoms with van der Waals surface area (Å²) in [4.78, 5) is 15.1. The molecule has 0 spiro atoms. The predicted molar refractivity (Wildman–Crippen MR) is 81.6 cm³/mol. The van der Waals surface area contributed by atoms with Crippen molar-refractivity contribution in [2.24, 2.45) is 5.10 Å². The van der Waals surface area contributed by atoms with Gasteiger partial charge in [0.1, 0.15) is 0 Å². The average molecular weight is 281 g/mol. The van der Waals surface area contributed by atoms with Crippen LogP contribution in [-0.2, 0) is 0 Å². The zero-order valence-corrected chi connectivity index (χ0v) is 11.5. The summed E-state index contributed by atoms with van der Waals surface area (Å²) in [6, 6.07) is 11.3. The van der Waals surface area contributed by atoms with Crippen molar-refractivity contribution >= 4 is 23.1 Å². The lowest BCUT2D eigenvalue weighted by molar-refractivity contribution is 0.239. The van der Waals surface area contributed by atoms with Crippen LogP contribution in [0, 0.1) is 0 Å². The standard InChI is InChI=1S/C15H15N5O/c1-10-14(19-20-15(21)17-10)11-2-4-12(5-3-11)18-13-6-8-16-9-7-13/h2-10H,1H3,(H,16,18)(H2,17,20,21). The van der Waals surface area contributed by atoms with Crippen LogP contribution in [0.15, 0.2) is 53.9 Å². The zero-order valence-electron chi connectivity index (χ0n) is 11.5. The van der Waals surface area contributed by atoms with Gasteiger partial charge in [-0.05, 0) is 31.2 Å². The van der Waals surface area contributed by atoms with E-state index >= 15 is 0 Å². The number of carbonyl (C=O) groups excluding carboxylic acids is 1. The van der Waals surface area contributed by atoms with Crippen LogP contribution < -0.4 is 16.1 Å². The third-order valence-corrected chi connectivity index (χ3v) is 3.19. The Bertz CT molecular complexity index is 666. The molecular weight excluding hydrogens is 266 g/mol. The van der Waals surface area contributed by atoms with Gasteiger partial charge in [-0.1, -0.05) is 12.1 Å². The Morgan fingerprint density at radius 3 is 2.38 bits per heavy atom. The lowest BCUT2D eigenvalue weighted by atomic mass is 10.0. The van der Waals surface area contributed by atoms with E-state index in [1.807, 2.05) is 43.3 Å². The molecule has 2 amide bonds. The van der Waals surface area contributed by atoms with Gasteiger partial charge in [0, 0.05) is 29.3 Å². The number of nitrogens with zero attached hydrogens (tertiary/aromatic N) is 2. The molecule has 1 aromatic heterocycles. The molecule has 1 unspecified atom stereocenters. The fraction of sp³-hybridized carbons (Fsp3) is 0.133. The summed E-state index contributed by atoms with van der Waals surface area (Å²) in [5, 5.41) is 10.2. The van der Waals surface area contributed by atoms with E-state index in [0.29, 0.717) is 0 Å². The zero-order chi connectivity index (χ0) is 14.7. The van der Waals surface area contributed by atoms with Gasteiger partial charge in [-0.3, -0.25) is 4.98 Å². The van der Waals surface area contributed by atoms with Gasteiger partial charge in [-0.25, -0.2) is 10.2 Å². The fourth-order valence-corrected chi connectivity index (χ4v) is 2.15. The molecule has 0 radical (unpaired) electrons. The first-order chi connectivity index (χ1) is 10.2. The quantitative estimate of drug-likeness (QED) is 0.807. The Balaban J connectivity index is 1.77. The van der Waals surface area contributed by atoms with Gasteiger partial charge < -0.3 is 10.6 Å². The maximum absolute atomic E-state index is 11.2. The first kappa shape index (κ1) is 13.1. The van der Waals surface area contributed by atoms with E-state index in [1.54, 1.807) is 12.4 Å². The van der Waals surface area contributed by atoms with E-state index in [1.165, 1.54) is 0 Å². The van der Waals surface area contributed by atoms with Crippen LogP contribution in [0.1, 0.15) is 12.5 Å². The number of pyridine rings is 1. The third kappa shape index (κ3) is 3.00. The Hall–Kier alpha value is -2.89. The minimum atomic E-state index is -0.276. The summed E-state index contributed by atoms with van der Waals surface area (Å²) in [6.07, 6.45) is 3.48. The van der Waals surface area contributed by atoms with Crippen LogP contribution in [0.25, 0.3) is 0 Å². The highest BCUT2D eigenvalue weighted by atomic mass is 16.2. The van der Waals surface area contributed by atoms with Crippen molar-refractivity contribution in [3.05, 3.63) is 54.4 Å². The first-order valence-electron chi connectivity index (χ1n) is 6.64. The largest absolute Gasteiger partial charge is 0.355 e. The highest BCUT2D eigenvalue weighted by molar-refractivity contribution is 6.07. The number of amides is 2. The maximum atomic E-state index is 11.2. The fourth-order valence-electron chi connectivity index (χ4n) is 2.15. The highest BCUT2D eigenvalue weighted by Gasteiger charge is 2.19. The predicted octanol–water partition coefficient (Wildman–Crippen LogP) is 2.23. The van der Waals surface area contributed by atoms with Gasteiger partial charge in [-0.2, -0.15) is 5.10 Å². The molecule has 2 aromatic rings. The number of carbonyl (C=O) groups is 1. The summed E-state index contributed by atoms with van der Waals surface area (Å²) >= 11 is 0. The molecule has 6 nitrogen and oxygen atoms in total. The Morgan fingerprint density at radius 2 is 1.71 bits per heavy atom. The van der Waals surface area contributed by atoms with Crippen molar-refractivity contribution in [3.63, 3.8) is 0 Å². The lowest BCUT2D eigenvalue weighted by Gasteiger charge is -2.21. The molecule has 1 atom stereocenters. The minimum Gasteiger partial charge on any atom is -0.355 e. The van der Waals surface area contributed by atoms with Crippen molar-refractivity contribution in [2.75, 3.05) is 5.32 Å². The molecule has 21 heavy (non-hydrogen) atoms. The Morgan fingerprint density at radius 1 is 1.05 bits per heavy atom. The van der Waals surface area contributed by atoms with Crippen molar-refractivity contribution in [3.8, 4) is 0 Å². The number of anilines is 2. The smallest absolute Gasteiger partial charge is 0.335 e. The molecule has 3 rings (SSSR count). The van der Waals surface area contributed by atoms with Crippen LogP contribution in [0.4, 0.5) is 16.2 Å². The topological polar surface area (TPSA) is 78.4 Å². The normalized spacial score (nSPS) is 17.5.